The van der Waals surface area contributed by atoms with Gasteiger partial charge in [0.15, 0.2) is 0 Å². The van der Waals surface area contributed by atoms with Crippen molar-refractivity contribution < 1.29 is 35.9 Å². The maximum absolute atomic E-state index is 12.8. The molecule has 94 valence electrons. The number of alkyl halides is 6. The second-order valence-corrected chi connectivity index (χ2v) is 3.15. The van der Waals surface area contributed by atoms with E-state index >= 15 is 0 Å². The van der Waals surface area contributed by atoms with Crippen molar-refractivity contribution in [2.24, 2.45) is 0 Å². The summed E-state index contributed by atoms with van der Waals surface area (Å²) in [6.07, 6.45) is -11.7. The van der Waals surface area contributed by atoms with Crippen molar-refractivity contribution in [2.75, 3.05) is 13.1 Å². The first kappa shape index (κ1) is 12.9. The minimum atomic E-state index is -5.97. The van der Waals surface area contributed by atoms with E-state index in [0.29, 0.717) is 11.3 Å². The number of nitrogens with zero attached hydrogens (tertiary/aromatic N) is 1. The summed E-state index contributed by atoms with van der Waals surface area (Å²) >= 11 is 0. The second kappa shape index (κ2) is 4.02. The summed E-state index contributed by atoms with van der Waals surface area (Å²) in [6, 6.07) is 0. The largest absolute Gasteiger partial charge is 0.466 e. The van der Waals surface area contributed by atoms with Crippen LogP contribution in [-0.4, -0.2) is 42.5 Å². The quantitative estimate of drug-likeness (QED) is 0.705. The van der Waals surface area contributed by atoms with E-state index in [1.165, 1.54) is 0 Å². The zero-order valence-corrected chi connectivity index (χ0v) is 7.73. The van der Waals surface area contributed by atoms with Gasteiger partial charge in [-0.05, 0) is 6.42 Å². The molecule has 0 aromatic rings. The molecule has 0 aromatic heterocycles. The molecule has 1 heterocycles. The average Bonchev–Trinajstić information content (AvgIpc) is 1.97. The first-order valence-corrected chi connectivity index (χ1v) is 4.20. The molecule has 1 fully saturated rings. The molecule has 0 spiro atoms. The molecule has 1 aliphatic rings. The molecule has 0 aliphatic carbocycles. The van der Waals surface area contributed by atoms with Crippen LogP contribution in [0.5, 0.6) is 0 Å². The number of carbonyl (C=O) groups excluding carboxylic acids is 1. The van der Waals surface area contributed by atoms with Gasteiger partial charge >= 0.3 is 24.5 Å². The van der Waals surface area contributed by atoms with Crippen molar-refractivity contribution in [2.45, 2.75) is 24.9 Å². The Morgan fingerprint density at radius 3 is 1.94 bits per heavy atom. The van der Waals surface area contributed by atoms with Crippen molar-refractivity contribution in [1.29, 1.82) is 0 Å². The number of rotatable bonds is 2. The third-order valence-corrected chi connectivity index (χ3v) is 2.02. The Hall–Kier alpha value is -1.15. The molecule has 1 saturated heterocycles. The van der Waals surface area contributed by atoms with Gasteiger partial charge in [0.25, 0.3) is 0 Å². The number of likely N-dealkylation sites (tertiary alicyclic amines) is 1. The lowest BCUT2D eigenvalue weighted by Gasteiger charge is -2.34. The smallest absolute Gasteiger partial charge is 0.398 e. The topological polar surface area (TPSA) is 29.5 Å². The molecule has 0 radical (unpaired) electrons. The van der Waals surface area contributed by atoms with Crippen LogP contribution in [0.25, 0.3) is 0 Å². The van der Waals surface area contributed by atoms with Gasteiger partial charge in [-0.1, -0.05) is 0 Å². The first-order valence-electron chi connectivity index (χ1n) is 4.20. The van der Waals surface area contributed by atoms with Gasteiger partial charge in [0.1, 0.15) is 0 Å². The van der Waals surface area contributed by atoms with Gasteiger partial charge in [0, 0.05) is 13.1 Å². The number of carbonyl (C=O) groups is 1. The van der Waals surface area contributed by atoms with Gasteiger partial charge in [-0.15, -0.1) is 0 Å². The molecule has 0 N–H and O–H groups in total. The van der Waals surface area contributed by atoms with Gasteiger partial charge in [0.05, 0.1) is 0 Å². The van der Waals surface area contributed by atoms with Crippen LogP contribution in [0, 0.1) is 0 Å². The SMILES string of the molecule is O=C(OC(F)(C(F)F)C(F)(F)F)N1CCC1. The van der Waals surface area contributed by atoms with Gasteiger partial charge in [-0.2, -0.15) is 17.6 Å². The van der Waals surface area contributed by atoms with E-state index in [0.717, 1.165) is 0 Å². The molecule has 9 heteroatoms. The van der Waals surface area contributed by atoms with Crippen molar-refractivity contribution in [3.8, 4) is 0 Å². The maximum Gasteiger partial charge on any atom is 0.466 e. The predicted molar refractivity (Wildman–Crippen MR) is 38.6 cm³/mol. The lowest BCUT2D eigenvalue weighted by molar-refractivity contribution is -0.351. The molecule has 1 atom stereocenters. The molecular formula is C7H7F6NO2. The Kier molecular flexibility index (Phi) is 3.25. The summed E-state index contributed by atoms with van der Waals surface area (Å²) < 4.78 is 75.8. The Balaban J connectivity index is 2.75. The van der Waals surface area contributed by atoms with Crippen molar-refractivity contribution >= 4 is 6.09 Å². The lowest BCUT2D eigenvalue weighted by Crippen LogP contribution is -2.54. The third kappa shape index (κ3) is 2.17. The van der Waals surface area contributed by atoms with E-state index in [9.17, 15) is 31.1 Å². The van der Waals surface area contributed by atoms with Crippen molar-refractivity contribution in [3.05, 3.63) is 0 Å². The Morgan fingerprint density at radius 1 is 1.19 bits per heavy atom. The third-order valence-electron chi connectivity index (χ3n) is 2.02. The van der Waals surface area contributed by atoms with Gasteiger partial charge < -0.3 is 9.64 Å². The minimum Gasteiger partial charge on any atom is -0.398 e. The summed E-state index contributed by atoms with van der Waals surface area (Å²) in [5, 5.41) is 0. The highest BCUT2D eigenvalue weighted by atomic mass is 19.4. The Bertz CT molecular complexity index is 277. The van der Waals surface area contributed by atoms with Crippen molar-refractivity contribution in [1.82, 2.24) is 4.90 Å². The van der Waals surface area contributed by atoms with Gasteiger partial charge in [0.2, 0.25) is 0 Å². The fourth-order valence-corrected chi connectivity index (χ4v) is 0.917. The van der Waals surface area contributed by atoms with Gasteiger partial charge in [-0.25, -0.2) is 13.6 Å². The van der Waals surface area contributed by atoms with E-state index in [4.69, 9.17) is 0 Å². The Labute approximate surface area is 86.0 Å². The molecule has 1 aliphatic heterocycles. The minimum absolute atomic E-state index is 0.0655. The van der Waals surface area contributed by atoms with Crippen LogP contribution in [0.4, 0.5) is 31.1 Å². The molecule has 1 unspecified atom stereocenters. The summed E-state index contributed by atoms with van der Waals surface area (Å²) in [5.74, 6) is -5.25. The molecule has 1 rings (SSSR count). The first-order chi connectivity index (χ1) is 7.18. The number of amides is 1. The second-order valence-electron chi connectivity index (χ2n) is 3.15. The Morgan fingerprint density at radius 2 is 1.69 bits per heavy atom. The molecule has 0 bridgehead atoms. The average molecular weight is 251 g/mol. The van der Waals surface area contributed by atoms with Crippen LogP contribution < -0.4 is 0 Å². The highest BCUT2D eigenvalue weighted by molar-refractivity contribution is 5.69. The lowest BCUT2D eigenvalue weighted by atomic mass is 10.2. The molecular weight excluding hydrogens is 244 g/mol. The highest BCUT2D eigenvalue weighted by Gasteiger charge is 2.67. The number of hydrogen-bond donors (Lipinski definition) is 0. The molecule has 3 nitrogen and oxygen atoms in total. The van der Waals surface area contributed by atoms with Crippen LogP contribution in [0.1, 0.15) is 6.42 Å². The highest BCUT2D eigenvalue weighted by Crippen LogP contribution is 2.40. The summed E-state index contributed by atoms with van der Waals surface area (Å²) in [6.45, 7) is 0.131. The number of hydrogen-bond acceptors (Lipinski definition) is 2. The molecule has 0 aromatic carbocycles. The number of halogens is 6. The zero-order chi connectivity index (χ0) is 12.6. The normalized spacial score (nSPS) is 20.3. The summed E-state index contributed by atoms with van der Waals surface area (Å²) in [4.78, 5) is 11.5. The van der Waals surface area contributed by atoms with E-state index in [-0.39, 0.29) is 13.1 Å². The standard InChI is InChI=1S/C7H7F6NO2/c8-4(9)6(10,7(11,12)13)16-5(15)14-2-1-3-14/h4H,1-3H2. The van der Waals surface area contributed by atoms with Crippen molar-refractivity contribution in [3.63, 3.8) is 0 Å². The molecule has 0 saturated carbocycles. The van der Waals surface area contributed by atoms with Crippen LogP contribution in [-0.2, 0) is 4.74 Å². The van der Waals surface area contributed by atoms with E-state index in [2.05, 4.69) is 4.74 Å². The van der Waals surface area contributed by atoms with Crippen LogP contribution >= 0.6 is 0 Å². The summed E-state index contributed by atoms with van der Waals surface area (Å²) in [5.41, 5.74) is 0. The maximum atomic E-state index is 12.8. The van der Waals surface area contributed by atoms with Crippen LogP contribution in [0.2, 0.25) is 0 Å². The zero-order valence-electron chi connectivity index (χ0n) is 7.73. The monoisotopic (exact) mass is 251 g/mol. The van der Waals surface area contributed by atoms with Gasteiger partial charge in [-0.3, -0.25) is 0 Å². The van der Waals surface area contributed by atoms with E-state index in [1.54, 1.807) is 0 Å². The fraction of sp³-hybridized carbons (Fsp3) is 0.857. The van der Waals surface area contributed by atoms with Crippen LogP contribution in [0.3, 0.4) is 0 Å². The predicted octanol–water partition coefficient (Wildman–Crippen LogP) is 2.32. The molecule has 16 heavy (non-hydrogen) atoms. The molecule has 1 amide bonds. The van der Waals surface area contributed by atoms with E-state index < -0.39 is 24.5 Å². The van der Waals surface area contributed by atoms with Crippen LogP contribution in [0.15, 0.2) is 0 Å². The fourth-order valence-electron chi connectivity index (χ4n) is 0.917. The summed E-state index contributed by atoms with van der Waals surface area (Å²) in [7, 11) is 0. The number of ether oxygens (including phenoxy) is 1. The van der Waals surface area contributed by atoms with E-state index in [1.807, 2.05) is 0 Å².